The van der Waals surface area contributed by atoms with Crippen LogP contribution in [0.4, 0.5) is 0 Å². The molecule has 118 valence electrons. The van der Waals surface area contributed by atoms with E-state index in [9.17, 15) is 8.42 Å². The third-order valence-electron chi connectivity index (χ3n) is 4.53. The lowest BCUT2D eigenvalue weighted by molar-refractivity contribution is 0.330. The third-order valence-corrected chi connectivity index (χ3v) is 5.46. The van der Waals surface area contributed by atoms with Crippen molar-refractivity contribution in [1.29, 1.82) is 0 Å². The zero-order chi connectivity index (χ0) is 15.5. The largest absolute Gasteiger partial charge is 0.307 e. The molecule has 1 aromatic rings. The molecule has 1 aromatic carbocycles. The van der Waals surface area contributed by atoms with E-state index in [1.807, 2.05) is 12.1 Å². The second kappa shape index (κ2) is 6.90. The molecule has 21 heavy (non-hydrogen) atoms. The molecule has 3 atom stereocenters. The van der Waals surface area contributed by atoms with Gasteiger partial charge in [-0.25, -0.2) is 13.6 Å². The van der Waals surface area contributed by atoms with Crippen LogP contribution >= 0.6 is 0 Å². The normalized spacial score (nSPS) is 25.3. The van der Waals surface area contributed by atoms with Gasteiger partial charge in [0.1, 0.15) is 0 Å². The third kappa shape index (κ3) is 4.53. The Hall–Kier alpha value is -0.910. The summed E-state index contributed by atoms with van der Waals surface area (Å²) in [6.07, 6.45) is 6.46. The predicted molar refractivity (Wildman–Crippen MR) is 85.4 cm³/mol. The van der Waals surface area contributed by atoms with Gasteiger partial charge in [-0.05, 0) is 43.4 Å². The summed E-state index contributed by atoms with van der Waals surface area (Å²) in [7, 11) is -3.61. The van der Waals surface area contributed by atoms with E-state index >= 15 is 0 Å². The summed E-state index contributed by atoms with van der Waals surface area (Å²) < 4.78 is 22.5. The Kier molecular flexibility index (Phi) is 5.41. The Balaban J connectivity index is 2.04. The van der Waals surface area contributed by atoms with E-state index < -0.39 is 10.0 Å². The highest BCUT2D eigenvalue weighted by molar-refractivity contribution is 7.89. The van der Waals surface area contributed by atoms with Crippen molar-refractivity contribution in [3.8, 4) is 0 Å². The number of hydrogen-bond donors (Lipinski definition) is 2. The van der Waals surface area contributed by atoms with Gasteiger partial charge in [-0.3, -0.25) is 0 Å². The lowest BCUT2D eigenvalue weighted by Gasteiger charge is -2.27. The van der Waals surface area contributed by atoms with Crippen molar-refractivity contribution in [3.63, 3.8) is 0 Å². The van der Waals surface area contributed by atoms with Crippen LogP contribution in [0.25, 0.3) is 0 Å². The van der Waals surface area contributed by atoms with Crippen LogP contribution in [0.3, 0.4) is 0 Å². The summed E-state index contributed by atoms with van der Waals surface area (Å²) in [5.41, 5.74) is 1.10. The van der Waals surface area contributed by atoms with Gasteiger partial charge in [0.05, 0.1) is 4.90 Å². The molecule has 1 fully saturated rings. The average molecular weight is 310 g/mol. The molecule has 0 amide bonds. The van der Waals surface area contributed by atoms with Gasteiger partial charge in [-0.15, -0.1) is 0 Å². The van der Waals surface area contributed by atoms with Gasteiger partial charge in [0.25, 0.3) is 0 Å². The highest BCUT2D eigenvalue weighted by atomic mass is 32.2. The fourth-order valence-corrected chi connectivity index (χ4v) is 3.62. The first-order valence-corrected chi connectivity index (χ1v) is 9.31. The minimum Gasteiger partial charge on any atom is -0.307 e. The fraction of sp³-hybridized carbons (Fsp3) is 0.625. The summed E-state index contributed by atoms with van der Waals surface area (Å²) in [6, 6.07) is 7.61. The Labute approximate surface area is 128 Å². The molecule has 3 unspecified atom stereocenters. The Bertz CT molecular complexity index is 554. The molecule has 0 bridgehead atoms. The average Bonchev–Trinajstić information content (AvgIpc) is 2.63. The molecule has 4 nitrogen and oxygen atoms in total. The van der Waals surface area contributed by atoms with Gasteiger partial charge in [0.15, 0.2) is 0 Å². The molecule has 3 N–H and O–H groups in total. The van der Waals surface area contributed by atoms with Gasteiger partial charge in [-0.2, -0.15) is 0 Å². The lowest BCUT2D eigenvalue weighted by Crippen LogP contribution is -2.36. The Morgan fingerprint density at radius 2 is 1.76 bits per heavy atom. The smallest absolute Gasteiger partial charge is 0.238 e. The van der Waals surface area contributed by atoms with Gasteiger partial charge >= 0.3 is 0 Å². The number of hydrogen-bond acceptors (Lipinski definition) is 3. The first-order chi connectivity index (χ1) is 9.88. The molecule has 1 saturated carbocycles. The van der Waals surface area contributed by atoms with E-state index in [0.29, 0.717) is 12.0 Å². The molecular weight excluding hydrogens is 284 g/mol. The minimum atomic E-state index is -3.61. The van der Waals surface area contributed by atoms with E-state index in [2.05, 4.69) is 19.2 Å². The molecule has 0 spiro atoms. The zero-order valence-electron chi connectivity index (χ0n) is 12.9. The number of rotatable bonds is 4. The van der Waals surface area contributed by atoms with Crippen LogP contribution in [-0.4, -0.2) is 14.5 Å². The maximum Gasteiger partial charge on any atom is 0.238 e. The lowest BCUT2D eigenvalue weighted by atomic mass is 9.95. The van der Waals surface area contributed by atoms with E-state index in [0.717, 1.165) is 5.56 Å². The van der Waals surface area contributed by atoms with Crippen LogP contribution in [0.1, 0.15) is 57.6 Å². The van der Waals surface area contributed by atoms with Crippen LogP contribution < -0.4 is 10.5 Å². The fourth-order valence-electron chi connectivity index (χ4n) is 3.10. The SMILES string of the molecule is CC(NC1CCCCCC1C)c1ccc(S(N)(=O)=O)cc1. The van der Waals surface area contributed by atoms with Crippen LogP contribution in [0.5, 0.6) is 0 Å². The van der Waals surface area contributed by atoms with Crippen molar-refractivity contribution in [3.05, 3.63) is 29.8 Å². The summed E-state index contributed by atoms with van der Waals surface area (Å²) in [5, 5.41) is 8.83. The van der Waals surface area contributed by atoms with Crippen molar-refractivity contribution in [2.24, 2.45) is 11.1 Å². The topological polar surface area (TPSA) is 72.2 Å². The number of nitrogens with one attached hydrogen (secondary N) is 1. The number of primary sulfonamides is 1. The first-order valence-electron chi connectivity index (χ1n) is 7.77. The van der Waals surface area contributed by atoms with Crippen molar-refractivity contribution >= 4 is 10.0 Å². The number of nitrogens with two attached hydrogens (primary N) is 1. The summed E-state index contributed by atoms with van der Waals surface area (Å²) in [6.45, 7) is 4.45. The second-order valence-electron chi connectivity index (χ2n) is 6.22. The zero-order valence-corrected chi connectivity index (χ0v) is 13.7. The molecule has 0 heterocycles. The van der Waals surface area contributed by atoms with Gasteiger partial charge in [0, 0.05) is 12.1 Å². The van der Waals surface area contributed by atoms with E-state index in [-0.39, 0.29) is 10.9 Å². The number of sulfonamides is 1. The van der Waals surface area contributed by atoms with E-state index in [4.69, 9.17) is 5.14 Å². The van der Waals surface area contributed by atoms with Crippen molar-refractivity contribution in [2.75, 3.05) is 0 Å². The number of benzene rings is 1. The maximum atomic E-state index is 11.3. The molecule has 0 aliphatic heterocycles. The molecule has 0 radical (unpaired) electrons. The van der Waals surface area contributed by atoms with Crippen LogP contribution in [0.15, 0.2) is 29.2 Å². The standard InChI is InChI=1S/C16H26N2O2S/c1-12-6-4-3-5-7-16(12)18-13(2)14-8-10-15(11-9-14)21(17,19)20/h8-13,16,18H,3-7H2,1-2H3,(H2,17,19,20). The maximum absolute atomic E-state index is 11.3. The van der Waals surface area contributed by atoms with Gasteiger partial charge in [0.2, 0.25) is 10.0 Å². The van der Waals surface area contributed by atoms with Gasteiger partial charge in [-0.1, -0.05) is 38.3 Å². The predicted octanol–water partition coefficient (Wildman–Crippen LogP) is 2.95. The van der Waals surface area contributed by atoms with Crippen LogP contribution in [-0.2, 0) is 10.0 Å². The molecular formula is C16H26N2O2S. The highest BCUT2D eigenvalue weighted by Crippen LogP contribution is 2.25. The monoisotopic (exact) mass is 310 g/mol. The van der Waals surface area contributed by atoms with Crippen LogP contribution in [0, 0.1) is 5.92 Å². The summed E-state index contributed by atoms with van der Waals surface area (Å²) in [5.74, 6) is 0.693. The summed E-state index contributed by atoms with van der Waals surface area (Å²) >= 11 is 0. The molecule has 1 aliphatic rings. The molecule has 0 aromatic heterocycles. The van der Waals surface area contributed by atoms with E-state index in [1.165, 1.54) is 32.1 Å². The van der Waals surface area contributed by atoms with Crippen molar-refractivity contribution in [2.45, 2.75) is 62.9 Å². The van der Waals surface area contributed by atoms with Gasteiger partial charge < -0.3 is 5.32 Å². The Morgan fingerprint density at radius 1 is 1.14 bits per heavy atom. The van der Waals surface area contributed by atoms with Crippen molar-refractivity contribution < 1.29 is 8.42 Å². The highest BCUT2D eigenvalue weighted by Gasteiger charge is 2.21. The minimum absolute atomic E-state index is 0.168. The molecule has 0 saturated heterocycles. The second-order valence-corrected chi connectivity index (χ2v) is 7.79. The van der Waals surface area contributed by atoms with Crippen molar-refractivity contribution in [1.82, 2.24) is 5.32 Å². The van der Waals surface area contributed by atoms with Crippen LogP contribution in [0.2, 0.25) is 0 Å². The Morgan fingerprint density at radius 3 is 2.38 bits per heavy atom. The molecule has 1 aliphatic carbocycles. The molecule has 5 heteroatoms. The molecule has 2 rings (SSSR count). The first kappa shape index (κ1) is 16.5. The summed E-state index contributed by atoms with van der Waals surface area (Å²) in [4.78, 5) is 0.168. The van der Waals surface area contributed by atoms with E-state index in [1.54, 1.807) is 12.1 Å². The quantitative estimate of drug-likeness (QED) is 0.840.